The summed E-state index contributed by atoms with van der Waals surface area (Å²) in [7, 11) is 1.40. The minimum absolute atomic E-state index is 0.0574. The summed E-state index contributed by atoms with van der Waals surface area (Å²) in [6.45, 7) is 11.2. The lowest BCUT2D eigenvalue weighted by Crippen LogP contribution is -2.30. The van der Waals surface area contributed by atoms with E-state index < -0.39 is 11.7 Å². The van der Waals surface area contributed by atoms with Gasteiger partial charge < -0.3 is 9.47 Å². The Morgan fingerprint density at radius 1 is 1.12 bits per heavy atom. The van der Waals surface area contributed by atoms with Crippen LogP contribution >= 0.6 is 0 Å². The lowest BCUT2D eigenvalue weighted by Gasteiger charge is -2.29. The van der Waals surface area contributed by atoms with E-state index in [-0.39, 0.29) is 18.4 Å². The summed E-state index contributed by atoms with van der Waals surface area (Å²) in [6, 6.07) is 7.40. The van der Waals surface area contributed by atoms with Crippen LogP contribution in [0.1, 0.15) is 52.6 Å². The number of rotatable bonds is 7. The molecule has 0 bridgehead atoms. The zero-order chi connectivity index (χ0) is 19.0. The first kappa shape index (κ1) is 21.0. The van der Waals surface area contributed by atoms with E-state index in [0.717, 1.165) is 18.7 Å². The van der Waals surface area contributed by atoms with Crippen molar-refractivity contribution in [2.75, 3.05) is 25.5 Å². The van der Waals surface area contributed by atoms with Crippen molar-refractivity contribution in [1.82, 2.24) is 4.90 Å². The van der Waals surface area contributed by atoms with E-state index in [1.54, 1.807) is 0 Å². The fraction of sp³-hybridized carbons (Fsp3) is 0.579. The highest BCUT2D eigenvalue weighted by molar-refractivity contribution is 5.84. The molecular formula is C19H30N2O4. The van der Waals surface area contributed by atoms with Crippen LogP contribution in [0.5, 0.6) is 0 Å². The molecule has 0 aromatic heterocycles. The molecule has 1 N–H and O–H groups in total. The van der Waals surface area contributed by atoms with Gasteiger partial charge in [-0.25, -0.2) is 4.79 Å². The molecule has 6 heteroatoms. The molecule has 1 aromatic rings. The second kappa shape index (κ2) is 9.42. The zero-order valence-corrected chi connectivity index (χ0v) is 16.1. The van der Waals surface area contributed by atoms with Crippen LogP contribution in [-0.4, -0.2) is 42.8 Å². The maximum Gasteiger partial charge on any atom is 0.412 e. The predicted molar refractivity (Wildman–Crippen MR) is 98.6 cm³/mol. The number of benzene rings is 1. The van der Waals surface area contributed by atoms with E-state index in [1.165, 1.54) is 7.11 Å². The Morgan fingerprint density at radius 2 is 1.68 bits per heavy atom. The van der Waals surface area contributed by atoms with Crippen LogP contribution in [0.3, 0.4) is 0 Å². The van der Waals surface area contributed by atoms with Crippen molar-refractivity contribution in [1.29, 1.82) is 0 Å². The van der Waals surface area contributed by atoms with Gasteiger partial charge >= 0.3 is 12.1 Å². The topological polar surface area (TPSA) is 67.9 Å². The third kappa shape index (κ3) is 7.13. The zero-order valence-electron chi connectivity index (χ0n) is 16.1. The first-order chi connectivity index (χ1) is 11.7. The van der Waals surface area contributed by atoms with Gasteiger partial charge in [-0.15, -0.1) is 0 Å². The van der Waals surface area contributed by atoms with Crippen molar-refractivity contribution in [2.45, 2.75) is 52.7 Å². The molecule has 25 heavy (non-hydrogen) atoms. The number of carbonyl (C=O) groups is 2. The number of ether oxygens (including phenoxy) is 2. The van der Waals surface area contributed by atoms with Crippen LogP contribution in [0, 0.1) is 0 Å². The van der Waals surface area contributed by atoms with Crippen molar-refractivity contribution in [2.24, 2.45) is 0 Å². The normalized spacial score (nSPS) is 12.6. The fourth-order valence-corrected chi connectivity index (χ4v) is 2.57. The van der Waals surface area contributed by atoms with Crippen molar-refractivity contribution in [3.63, 3.8) is 0 Å². The number of hydrogen-bond donors (Lipinski definition) is 1. The quantitative estimate of drug-likeness (QED) is 0.753. The second-order valence-corrected chi connectivity index (χ2v) is 6.77. The van der Waals surface area contributed by atoms with Crippen LogP contribution in [-0.2, 0) is 14.3 Å². The molecule has 6 nitrogen and oxygen atoms in total. The molecule has 140 valence electrons. The Labute approximate surface area is 150 Å². The summed E-state index contributed by atoms with van der Waals surface area (Å²) in [5.74, 6) is -0.243. The van der Waals surface area contributed by atoms with Gasteiger partial charge in [0.05, 0.1) is 13.5 Å². The highest BCUT2D eigenvalue weighted by Crippen LogP contribution is 2.26. The molecule has 0 heterocycles. The molecule has 0 aliphatic heterocycles. The van der Waals surface area contributed by atoms with Gasteiger partial charge in [0, 0.05) is 11.7 Å². The van der Waals surface area contributed by atoms with E-state index in [2.05, 4.69) is 24.1 Å². The van der Waals surface area contributed by atoms with Crippen LogP contribution in [0.25, 0.3) is 0 Å². The Bertz CT molecular complexity index is 560. The Kier molecular flexibility index (Phi) is 7.90. The van der Waals surface area contributed by atoms with Gasteiger partial charge in [-0.3, -0.25) is 15.0 Å². The lowest BCUT2D eigenvalue weighted by atomic mass is 10.0. The molecule has 1 aromatic carbocycles. The van der Waals surface area contributed by atoms with Crippen molar-refractivity contribution in [3.05, 3.63) is 29.8 Å². The monoisotopic (exact) mass is 350 g/mol. The maximum atomic E-state index is 11.8. The minimum atomic E-state index is -0.543. The van der Waals surface area contributed by atoms with Crippen LogP contribution in [0.4, 0.5) is 10.5 Å². The van der Waals surface area contributed by atoms with Gasteiger partial charge in [0.15, 0.2) is 0 Å². The molecule has 0 fully saturated rings. The summed E-state index contributed by atoms with van der Waals surface area (Å²) in [5.41, 5.74) is 1.11. The summed E-state index contributed by atoms with van der Waals surface area (Å²) < 4.78 is 10.1. The Morgan fingerprint density at radius 3 is 2.12 bits per heavy atom. The van der Waals surface area contributed by atoms with Crippen LogP contribution < -0.4 is 5.32 Å². The van der Waals surface area contributed by atoms with E-state index in [4.69, 9.17) is 9.47 Å². The standard InChI is InChI=1S/C19H30N2O4/c1-7-21(8-2)16(13-17(22)24-6)14-9-11-15(12-10-14)20-18(23)25-19(3,4)5/h9-12,16H,7-8,13H2,1-6H3,(H,20,23). The SMILES string of the molecule is CCN(CC)C(CC(=O)OC)c1ccc(NC(=O)OC(C)(C)C)cc1. The molecule has 1 rings (SSSR count). The molecule has 1 atom stereocenters. The molecule has 0 saturated carbocycles. The largest absolute Gasteiger partial charge is 0.469 e. The number of nitrogens with zero attached hydrogens (tertiary/aromatic N) is 1. The van der Waals surface area contributed by atoms with E-state index in [1.807, 2.05) is 45.0 Å². The summed E-state index contributed by atoms with van der Waals surface area (Å²) >= 11 is 0. The number of esters is 1. The summed E-state index contributed by atoms with van der Waals surface area (Å²) in [4.78, 5) is 25.8. The van der Waals surface area contributed by atoms with Crippen LogP contribution in [0.2, 0.25) is 0 Å². The summed E-state index contributed by atoms with van der Waals surface area (Å²) in [6.07, 6.45) is -0.202. The fourth-order valence-electron chi connectivity index (χ4n) is 2.57. The van der Waals surface area contributed by atoms with E-state index in [0.29, 0.717) is 5.69 Å². The van der Waals surface area contributed by atoms with Crippen LogP contribution in [0.15, 0.2) is 24.3 Å². The molecule has 1 unspecified atom stereocenters. The van der Waals surface area contributed by atoms with Gasteiger partial charge in [-0.2, -0.15) is 0 Å². The number of anilines is 1. The number of methoxy groups -OCH3 is 1. The number of hydrogen-bond acceptors (Lipinski definition) is 5. The number of amides is 1. The van der Waals surface area contributed by atoms with Gasteiger partial charge in [-0.1, -0.05) is 26.0 Å². The predicted octanol–water partition coefficient (Wildman–Crippen LogP) is 3.98. The van der Waals surface area contributed by atoms with Gasteiger partial charge in [0.1, 0.15) is 5.60 Å². The van der Waals surface area contributed by atoms with Crippen molar-refractivity contribution >= 4 is 17.7 Å². The molecule has 0 radical (unpaired) electrons. The summed E-state index contributed by atoms with van der Waals surface area (Å²) in [5, 5.41) is 2.71. The molecule has 1 amide bonds. The van der Waals surface area contributed by atoms with Crippen molar-refractivity contribution in [3.8, 4) is 0 Å². The van der Waals surface area contributed by atoms with E-state index in [9.17, 15) is 9.59 Å². The average Bonchev–Trinajstić information content (AvgIpc) is 2.53. The van der Waals surface area contributed by atoms with Gasteiger partial charge in [-0.05, 0) is 51.6 Å². The smallest absolute Gasteiger partial charge is 0.412 e. The molecule has 0 saturated heterocycles. The highest BCUT2D eigenvalue weighted by atomic mass is 16.6. The molecule has 0 aliphatic rings. The number of carbonyl (C=O) groups excluding carboxylic acids is 2. The maximum absolute atomic E-state index is 11.8. The van der Waals surface area contributed by atoms with Gasteiger partial charge in [0.2, 0.25) is 0 Å². The highest BCUT2D eigenvalue weighted by Gasteiger charge is 2.22. The van der Waals surface area contributed by atoms with Crippen molar-refractivity contribution < 1.29 is 19.1 Å². The lowest BCUT2D eigenvalue weighted by molar-refractivity contribution is -0.142. The first-order valence-electron chi connectivity index (χ1n) is 8.61. The minimum Gasteiger partial charge on any atom is -0.469 e. The number of nitrogens with one attached hydrogen (secondary N) is 1. The Hall–Kier alpha value is -2.08. The molecule has 0 aliphatic carbocycles. The molecule has 0 spiro atoms. The second-order valence-electron chi connectivity index (χ2n) is 6.77. The van der Waals surface area contributed by atoms with Gasteiger partial charge in [0.25, 0.3) is 0 Å². The first-order valence-corrected chi connectivity index (χ1v) is 8.61. The Balaban J connectivity index is 2.88. The third-order valence-electron chi connectivity index (χ3n) is 3.78. The third-order valence-corrected chi connectivity index (χ3v) is 3.78. The van der Waals surface area contributed by atoms with E-state index >= 15 is 0 Å². The molecular weight excluding hydrogens is 320 g/mol. The average molecular weight is 350 g/mol.